The Morgan fingerprint density at radius 3 is 3.00 bits per heavy atom. The summed E-state index contributed by atoms with van der Waals surface area (Å²) < 4.78 is 9.65. The van der Waals surface area contributed by atoms with Gasteiger partial charge in [-0.3, -0.25) is 9.08 Å². The number of imidazole rings is 1. The van der Waals surface area contributed by atoms with Crippen LogP contribution < -0.4 is 4.90 Å². The number of fused-ring (bicyclic) bond motifs is 1. The van der Waals surface area contributed by atoms with E-state index in [9.17, 15) is 5.26 Å². The van der Waals surface area contributed by atoms with Crippen molar-refractivity contribution in [2.24, 2.45) is 7.05 Å². The molecule has 0 aliphatic carbocycles. The molecule has 1 fully saturated rings. The Balaban J connectivity index is 1.74. The first kappa shape index (κ1) is 14.7. The molecule has 0 unspecified atom stereocenters. The molecule has 3 aromatic heterocycles. The number of morpholine rings is 1. The molecule has 0 aromatic carbocycles. The van der Waals surface area contributed by atoms with E-state index >= 15 is 0 Å². The molecule has 3 aromatic rings. The molecule has 0 spiro atoms. The van der Waals surface area contributed by atoms with Crippen molar-refractivity contribution in [1.82, 2.24) is 19.2 Å². The summed E-state index contributed by atoms with van der Waals surface area (Å²) in [6, 6.07) is 8.02. The molecule has 0 radical (unpaired) electrons. The second-order valence-electron chi connectivity index (χ2n) is 6.23. The molecule has 0 amide bonds. The van der Waals surface area contributed by atoms with E-state index in [1.54, 1.807) is 4.68 Å². The topological polar surface area (TPSA) is 71.4 Å². The number of aryl methyl sites for hydroxylation is 1. The van der Waals surface area contributed by atoms with Gasteiger partial charge in [-0.2, -0.15) is 10.4 Å². The number of rotatable bonds is 2. The molecule has 4 heterocycles. The molecule has 1 aliphatic heterocycles. The lowest BCUT2D eigenvalue weighted by atomic mass is 9.97. The summed E-state index contributed by atoms with van der Waals surface area (Å²) in [4.78, 5) is 6.79. The first-order valence-corrected chi connectivity index (χ1v) is 7.86. The maximum Gasteiger partial charge on any atom is 0.169 e. The number of nitrogens with zero attached hydrogens (tertiary/aromatic N) is 6. The Morgan fingerprint density at radius 2 is 2.25 bits per heavy atom. The number of hydrogen-bond donors (Lipinski definition) is 0. The molecule has 1 atom stereocenters. The van der Waals surface area contributed by atoms with Gasteiger partial charge in [-0.1, -0.05) is 6.07 Å². The van der Waals surface area contributed by atoms with Crippen LogP contribution in [0.2, 0.25) is 0 Å². The maximum atomic E-state index is 9.60. The normalized spacial score (nSPS) is 21.1. The minimum absolute atomic E-state index is 0.477. The largest absolute Gasteiger partial charge is 0.367 e. The van der Waals surface area contributed by atoms with Gasteiger partial charge in [0.05, 0.1) is 19.3 Å². The molecule has 0 saturated carbocycles. The van der Waals surface area contributed by atoms with Crippen LogP contribution >= 0.6 is 0 Å². The van der Waals surface area contributed by atoms with E-state index in [0.29, 0.717) is 31.2 Å². The molecule has 4 rings (SSSR count). The lowest BCUT2D eigenvalue weighted by Crippen LogP contribution is -2.48. The number of anilines is 1. The summed E-state index contributed by atoms with van der Waals surface area (Å²) in [5.41, 5.74) is 1.88. The third-order valence-corrected chi connectivity index (χ3v) is 4.51. The number of aromatic nitrogens is 4. The summed E-state index contributed by atoms with van der Waals surface area (Å²) in [6.07, 6.45) is 5.67. The van der Waals surface area contributed by atoms with Crippen molar-refractivity contribution in [2.45, 2.75) is 12.5 Å². The zero-order chi connectivity index (χ0) is 16.7. The van der Waals surface area contributed by atoms with Gasteiger partial charge in [-0.05, 0) is 19.1 Å². The van der Waals surface area contributed by atoms with Crippen molar-refractivity contribution >= 4 is 11.5 Å². The van der Waals surface area contributed by atoms with Gasteiger partial charge < -0.3 is 9.64 Å². The van der Waals surface area contributed by atoms with Crippen LogP contribution in [0.25, 0.3) is 5.65 Å². The number of nitriles is 1. The molecular formula is C17H18N6O. The predicted octanol–water partition coefficient (Wildman–Crippen LogP) is 1.69. The Bertz CT molecular complexity index is 936. The van der Waals surface area contributed by atoms with Crippen molar-refractivity contribution in [2.75, 3.05) is 24.6 Å². The van der Waals surface area contributed by atoms with Gasteiger partial charge in [0.1, 0.15) is 17.3 Å². The molecule has 7 nitrogen and oxygen atoms in total. The average molecular weight is 322 g/mol. The van der Waals surface area contributed by atoms with Gasteiger partial charge in [-0.25, -0.2) is 4.98 Å². The lowest BCUT2D eigenvalue weighted by molar-refractivity contribution is -0.0468. The van der Waals surface area contributed by atoms with Gasteiger partial charge in [0.25, 0.3) is 0 Å². The summed E-state index contributed by atoms with van der Waals surface area (Å²) in [7, 11) is 1.89. The van der Waals surface area contributed by atoms with Crippen LogP contribution in [0.1, 0.15) is 18.2 Å². The molecule has 1 saturated heterocycles. The second-order valence-corrected chi connectivity index (χ2v) is 6.23. The van der Waals surface area contributed by atoms with Crippen molar-refractivity contribution < 1.29 is 4.74 Å². The van der Waals surface area contributed by atoms with E-state index in [4.69, 9.17) is 4.74 Å². The summed E-state index contributed by atoms with van der Waals surface area (Å²) in [5.74, 6) is 0.710. The summed E-state index contributed by atoms with van der Waals surface area (Å²) >= 11 is 0. The monoisotopic (exact) mass is 322 g/mol. The Labute approximate surface area is 139 Å². The van der Waals surface area contributed by atoms with E-state index in [1.165, 1.54) is 0 Å². The second kappa shape index (κ2) is 5.35. The number of ether oxygens (including phenoxy) is 1. The van der Waals surface area contributed by atoms with Crippen molar-refractivity contribution in [3.8, 4) is 6.07 Å². The minimum atomic E-state index is -0.477. The molecule has 122 valence electrons. The SMILES string of the molecule is Cn1cc([C@@]2(C)CN(c3nc4ccccn4c3C#N)CCO2)cn1. The fourth-order valence-electron chi connectivity index (χ4n) is 3.23. The van der Waals surface area contributed by atoms with E-state index in [-0.39, 0.29) is 0 Å². The lowest BCUT2D eigenvalue weighted by Gasteiger charge is -2.40. The number of pyridine rings is 1. The van der Waals surface area contributed by atoms with Crippen molar-refractivity contribution in [3.05, 3.63) is 48.0 Å². The highest BCUT2D eigenvalue weighted by Gasteiger charge is 2.36. The van der Waals surface area contributed by atoms with Crippen LogP contribution in [0.5, 0.6) is 0 Å². The van der Waals surface area contributed by atoms with Crippen molar-refractivity contribution in [1.29, 1.82) is 5.26 Å². The van der Waals surface area contributed by atoms with Gasteiger partial charge in [0, 0.05) is 31.5 Å². The quantitative estimate of drug-likeness (QED) is 0.718. The average Bonchev–Trinajstić information content (AvgIpc) is 3.18. The first-order chi connectivity index (χ1) is 11.6. The highest BCUT2D eigenvalue weighted by Crippen LogP contribution is 2.32. The van der Waals surface area contributed by atoms with Gasteiger partial charge in [0.2, 0.25) is 0 Å². The molecule has 1 aliphatic rings. The molecule has 24 heavy (non-hydrogen) atoms. The van der Waals surface area contributed by atoms with Crippen molar-refractivity contribution in [3.63, 3.8) is 0 Å². The Morgan fingerprint density at radius 1 is 1.38 bits per heavy atom. The van der Waals surface area contributed by atoms with Gasteiger partial charge >= 0.3 is 0 Å². The van der Waals surface area contributed by atoms with Gasteiger partial charge in [0.15, 0.2) is 11.5 Å². The standard InChI is InChI=1S/C17H18N6O/c1-17(13-10-19-21(2)11-13)12-22(7-8-24-17)16-14(9-18)23-6-4-3-5-15(23)20-16/h3-6,10-11H,7-8,12H2,1-2H3/t17-/m1/s1. The minimum Gasteiger partial charge on any atom is -0.367 e. The smallest absolute Gasteiger partial charge is 0.169 e. The summed E-state index contributed by atoms with van der Waals surface area (Å²) in [5, 5.41) is 13.9. The third-order valence-electron chi connectivity index (χ3n) is 4.51. The van der Waals surface area contributed by atoms with E-state index in [1.807, 2.05) is 48.2 Å². The molecule has 7 heteroatoms. The number of hydrogen-bond acceptors (Lipinski definition) is 5. The first-order valence-electron chi connectivity index (χ1n) is 7.86. The molecule has 0 N–H and O–H groups in total. The van der Waals surface area contributed by atoms with Crippen LogP contribution in [0.15, 0.2) is 36.8 Å². The Hall–Kier alpha value is -2.85. The molecular weight excluding hydrogens is 304 g/mol. The van der Waals surface area contributed by atoms with E-state index < -0.39 is 5.60 Å². The Kier molecular flexibility index (Phi) is 3.28. The molecule has 0 bridgehead atoms. The third kappa shape index (κ3) is 2.23. The highest BCUT2D eigenvalue weighted by molar-refractivity contribution is 5.60. The predicted molar refractivity (Wildman–Crippen MR) is 88.6 cm³/mol. The highest BCUT2D eigenvalue weighted by atomic mass is 16.5. The summed E-state index contributed by atoms with van der Waals surface area (Å²) in [6.45, 7) is 3.95. The van der Waals surface area contributed by atoms with E-state index in [2.05, 4.69) is 28.0 Å². The zero-order valence-corrected chi connectivity index (χ0v) is 13.7. The van der Waals surface area contributed by atoms with E-state index in [0.717, 1.165) is 11.2 Å². The van der Waals surface area contributed by atoms with Crippen LogP contribution in [0.4, 0.5) is 5.82 Å². The fraction of sp³-hybridized carbons (Fsp3) is 0.353. The van der Waals surface area contributed by atoms with Gasteiger partial charge in [-0.15, -0.1) is 0 Å². The van der Waals surface area contributed by atoms with Crippen LogP contribution in [-0.2, 0) is 17.4 Å². The maximum absolute atomic E-state index is 9.60. The zero-order valence-electron chi connectivity index (χ0n) is 13.7. The fourth-order valence-corrected chi connectivity index (χ4v) is 3.23. The van der Waals surface area contributed by atoms with Crippen LogP contribution in [-0.4, -0.2) is 38.9 Å². The van der Waals surface area contributed by atoms with Crippen LogP contribution in [0, 0.1) is 11.3 Å². The van der Waals surface area contributed by atoms with Crippen LogP contribution in [0.3, 0.4) is 0 Å².